The van der Waals surface area contributed by atoms with E-state index in [9.17, 15) is 0 Å². The van der Waals surface area contributed by atoms with Gasteiger partial charge >= 0.3 is 0 Å². The summed E-state index contributed by atoms with van der Waals surface area (Å²) in [6.45, 7) is 8.01. The molecule has 2 rings (SSSR count). The molecule has 1 aliphatic carbocycles. The molecule has 1 N–H and O–H groups in total. The van der Waals surface area contributed by atoms with Crippen molar-refractivity contribution >= 4 is 5.82 Å². The van der Waals surface area contributed by atoms with Crippen molar-refractivity contribution in [3.05, 3.63) is 11.3 Å². The maximum absolute atomic E-state index is 5.07. The summed E-state index contributed by atoms with van der Waals surface area (Å²) in [5, 5.41) is 8.01. The van der Waals surface area contributed by atoms with E-state index in [1.807, 2.05) is 11.7 Å². The van der Waals surface area contributed by atoms with E-state index in [1.54, 1.807) is 7.11 Å². The maximum Gasteiger partial charge on any atom is 0.131 e. The molecule has 1 aromatic rings. The molecule has 0 spiro atoms. The Bertz CT molecular complexity index is 443. The second kappa shape index (κ2) is 6.59. The van der Waals surface area contributed by atoms with Crippen molar-refractivity contribution in [2.75, 3.05) is 38.8 Å². The van der Waals surface area contributed by atoms with Crippen LogP contribution in [-0.4, -0.2) is 43.6 Å². The molecule has 0 aromatic carbocycles. The van der Waals surface area contributed by atoms with Crippen molar-refractivity contribution < 1.29 is 4.74 Å². The monoisotopic (exact) mass is 280 g/mol. The molecule has 1 fully saturated rings. The van der Waals surface area contributed by atoms with Crippen molar-refractivity contribution in [1.82, 2.24) is 15.1 Å². The number of hydrogen-bond donors (Lipinski definition) is 1. The first kappa shape index (κ1) is 15.3. The Morgan fingerprint density at radius 2 is 2.20 bits per heavy atom. The lowest BCUT2D eigenvalue weighted by molar-refractivity contribution is 0.199. The number of nitrogens with zero attached hydrogens (tertiary/aromatic N) is 3. The topological polar surface area (TPSA) is 42.3 Å². The molecule has 0 radical (unpaired) electrons. The van der Waals surface area contributed by atoms with Crippen molar-refractivity contribution in [3.63, 3.8) is 0 Å². The highest BCUT2D eigenvalue weighted by atomic mass is 16.5. The summed E-state index contributed by atoms with van der Waals surface area (Å²) in [5.74, 6) is 2.98. The molecule has 20 heavy (non-hydrogen) atoms. The van der Waals surface area contributed by atoms with Crippen LogP contribution in [0.15, 0.2) is 0 Å². The summed E-state index contributed by atoms with van der Waals surface area (Å²) in [5.41, 5.74) is 2.42. The first-order valence-corrected chi connectivity index (χ1v) is 7.47. The minimum atomic E-state index is 0.740. The second-order valence-corrected chi connectivity index (χ2v) is 6.03. The summed E-state index contributed by atoms with van der Waals surface area (Å²) in [6.07, 6.45) is 1.36. The third-order valence-electron chi connectivity index (χ3n) is 4.24. The van der Waals surface area contributed by atoms with Gasteiger partial charge in [-0.15, -0.1) is 0 Å². The molecule has 0 amide bonds. The van der Waals surface area contributed by atoms with E-state index in [0.29, 0.717) is 0 Å². The molecule has 5 nitrogen and oxygen atoms in total. The van der Waals surface area contributed by atoms with Gasteiger partial charge in [0.15, 0.2) is 0 Å². The largest absolute Gasteiger partial charge is 0.383 e. The summed E-state index contributed by atoms with van der Waals surface area (Å²) in [7, 11) is 5.95. The average Bonchev–Trinajstić information content (AvgIpc) is 2.98. The Balaban J connectivity index is 2.02. The highest BCUT2D eigenvalue weighted by Crippen LogP contribution is 2.39. The molecule has 1 heterocycles. The van der Waals surface area contributed by atoms with Crippen molar-refractivity contribution in [2.45, 2.75) is 26.8 Å². The quantitative estimate of drug-likeness (QED) is 0.734. The highest BCUT2D eigenvalue weighted by Gasteiger charge is 2.34. The molecule has 2 unspecified atom stereocenters. The van der Waals surface area contributed by atoms with E-state index < -0.39 is 0 Å². The molecule has 114 valence electrons. The lowest BCUT2D eigenvalue weighted by atomic mass is 10.2. The predicted molar refractivity (Wildman–Crippen MR) is 82.1 cm³/mol. The normalized spacial score (nSPS) is 21.2. The second-order valence-electron chi connectivity index (χ2n) is 6.03. The minimum Gasteiger partial charge on any atom is -0.383 e. The molecule has 0 aliphatic heterocycles. The van der Waals surface area contributed by atoms with Crippen LogP contribution in [0.3, 0.4) is 0 Å². The standard InChI is InChI=1S/C15H28N4O/c1-11-8-13(11)10-18(3)15-14(9-16-6-7-20-5)12(2)17-19(15)4/h11,13,16H,6-10H2,1-5H3. The van der Waals surface area contributed by atoms with Gasteiger partial charge in [-0.1, -0.05) is 6.92 Å². The fourth-order valence-electron chi connectivity index (χ4n) is 2.85. The van der Waals surface area contributed by atoms with Crippen molar-refractivity contribution in [3.8, 4) is 0 Å². The van der Waals surface area contributed by atoms with Crippen LogP contribution >= 0.6 is 0 Å². The van der Waals surface area contributed by atoms with Crippen molar-refractivity contribution in [2.24, 2.45) is 18.9 Å². The first-order valence-electron chi connectivity index (χ1n) is 7.47. The third-order valence-corrected chi connectivity index (χ3v) is 4.24. The van der Waals surface area contributed by atoms with Gasteiger partial charge in [0.05, 0.1) is 12.3 Å². The van der Waals surface area contributed by atoms with Gasteiger partial charge in [-0.2, -0.15) is 5.10 Å². The van der Waals surface area contributed by atoms with Crippen LogP contribution in [0.25, 0.3) is 0 Å². The van der Waals surface area contributed by atoms with Crippen LogP contribution in [0.2, 0.25) is 0 Å². The molecule has 5 heteroatoms. The first-order chi connectivity index (χ1) is 9.54. The van der Waals surface area contributed by atoms with E-state index >= 15 is 0 Å². The van der Waals surface area contributed by atoms with Crippen LogP contribution < -0.4 is 10.2 Å². The predicted octanol–water partition coefficient (Wildman–Crippen LogP) is 1.56. The molecular formula is C15H28N4O. The average molecular weight is 280 g/mol. The SMILES string of the molecule is COCCNCc1c(C)nn(C)c1N(C)CC1CC1C. The van der Waals surface area contributed by atoms with E-state index in [4.69, 9.17) is 4.74 Å². The van der Waals surface area contributed by atoms with Gasteiger partial charge in [0.25, 0.3) is 0 Å². The Labute approximate surface area is 122 Å². The zero-order chi connectivity index (χ0) is 14.7. The van der Waals surface area contributed by atoms with Crippen LogP contribution in [0.4, 0.5) is 5.82 Å². The number of hydrogen-bond acceptors (Lipinski definition) is 4. The summed E-state index contributed by atoms with van der Waals surface area (Å²) >= 11 is 0. The Kier molecular flexibility index (Phi) is 5.05. The molecule has 0 bridgehead atoms. The van der Waals surface area contributed by atoms with E-state index in [2.05, 4.69) is 36.2 Å². The summed E-state index contributed by atoms with van der Waals surface area (Å²) in [4.78, 5) is 2.36. The minimum absolute atomic E-state index is 0.740. The number of methoxy groups -OCH3 is 1. The third kappa shape index (κ3) is 3.52. The fourth-order valence-corrected chi connectivity index (χ4v) is 2.85. The fraction of sp³-hybridized carbons (Fsp3) is 0.800. The number of aryl methyl sites for hydroxylation is 2. The van der Waals surface area contributed by atoms with Crippen LogP contribution in [0.1, 0.15) is 24.6 Å². The number of anilines is 1. The zero-order valence-electron chi connectivity index (χ0n) is 13.4. The van der Waals surface area contributed by atoms with Gasteiger partial charge in [-0.25, -0.2) is 0 Å². The van der Waals surface area contributed by atoms with Gasteiger partial charge in [-0.05, 0) is 25.2 Å². The maximum atomic E-state index is 5.07. The molecular weight excluding hydrogens is 252 g/mol. The van der Waals surface area contributed by atoms with Crippen LogP contribution in [-0.2, 0) is 18.3 Å². The lowest BCUT2D eigenvalue weighted by Gasteiger charge is -2.21. The molecule has 2 atom stereocenters. The highest BCUT2D eigenvalue weighted by molar-refractivity contribution is 5.49. The van der Waals surface area contributed by atoms with Crippen molar-refractivity contribution in [1.29, 1.82) is 0 Å². The van der Waals surface area contributed by atoms with Gasteiger partial charge in [0.1, 0.15) is 5.82 Å². The lowest BCUT2D eigenvalue weighted by Crippen LogP contribution is -2.26. The van der Waals surface area contributed by atoms with Crippen LogP contribution in [0, 0.1) is 18.8 Å². The number of aromatic nitrogens is 2. The summed E-state index contributed by atoms with van der Waals surface area (Å²) < 4.78 is 7.08. The number of rotatable bonds is 8. The molecule has 0 saturated heterocycles. The smallest absolute Gasteiger partial charge is 0.131 e. The number of ether oxygens (including phenoxy) is 1. The van der Waals surface area contributed by atoms with Gasteiger partial charge < -0.3 is 15.0 Å². The Hall–Kier alpha value is -1.07. The summed E-state index contributed by atoms with van der Waals surface area (Å²) in [6, 6.07) is 0. The molecule has 1 saturated carbocycles. The van der Waals surface area contributed by atoms with Crippen LogP contribution in [0.5, 0.6) is 0 Å². The molecule has 1 aliphatic rings. The van der Waals surface area contributed by atoms with Gasteiger partial charge in [-0.3, -0.25) is 4.68 Å². The van der Waals surface area contributed by atoms with Gasteiger partial charge in [0.2, 0.25) is 0 Å². The van der Waals surface area contributed by atoms with Gasteiger partial charge in [0, 0.05) is 46.4 Å². The number of nitrogens with one attached hydrogen (secondary N) is 1. The van der Waals surface area contributed by atoms with E-state index in [0.717, 1.165) is 43.8 Å². The Morgan fingerprint density at radius 1 is 1.50 bits per heavy atom. The molecule has 1 aromatic heterocycles. The van der Waals surface area contributed by atoms with E-state index in [1.165, 1.54) is 17.8 Å². The van der Waals surface area contributed by atoms with E-state index in [-0.39, 0.29) is 0 Å². The zero-order valence-corrected chi connectivity index (χ0v) is 13.4. The Morgan fingerprint density at radius 3 is 2.80 bits per heavy atom.